The Bertz CT molecular complexity index is 540. The van der Waals surface area contributed by atoms with E-state index in [1.165, 1.54) is 11.0 Å². The van der Waals surface area contributed by atoms with Crippen LogP contribution in [0.3, 0.4) is 0 Å². The van der Waals surface area contributed by atoms with Crippen LogP contribution < -0.4 is 5.73 Å². The normalized spacial score (nSPS) is 9.87. The predicted octanol–water partition coefficient (Wildman–Crippen LogP) is 1.37. The molecule has 0 saturated heterocycles. The van der Waals surface area contributed by atoms with E-state index in [1.807, 2.05) is 6.07 Å². The van der Waals surface area contributed by atoms with Gasteiger partial charge in [0, 0.05) is 0 Å². The van der Waals surface area contributed by atoms with Crippen molar-refractivity contribution >= 4 is 17.5 Å². The predicted molar refractivity (Wildman–Crippen MR) is 55.5 cm³/mol. The quantitative estimate of drug-likeness (QED) is 0.786. The minimum absolute atomic E-state index is 0.176. The van der Waals surface area contributed by atoms with Gasteiger partial charge >= 0.3 is 0 Å². The van der Waals surface area contributed by atoms with E-state index in [9.17, 15) is 0 Å². The molecule has 0 saturated carbocycles. The van der Waals surface area contributed by atoms with Gasteiger partial charge in [0.2, 0.25) is 5.95 Å². The maximum absolute atomic E-state index is 8.66. The van der Waals surface area contributed by atoms with Crippen molar-refractivity contribution in [1.29, 1.82) is 5.26 Å². The standard InChI is InChI=1S/C9H6ClN5/c10-7-3-6(4-11)1-2-8(7)15-5-13-9(12)14-15/h1-3,5H,(H2,12,14). The molecule has 1 aromatic heterocycles. The van der Waals surface area contributed by atoms with E-state index < -0.39 is 0 Å². The molecule has 0 aliphatic heterocycles. The Morgan fingerprint density at radius 3 is 2.80 bits per heavy atom. The molecule has 0 fully saturated rings. The number of nitrogens with two attached hydrogens (primary N) is 1. The highest BCUT2D eigenvalue weighted by atomic mass is 35.5. The number of aromatic nitrogens is 3. The number of hydrogen-bond acceptors (Lipinski definition) is 4. The second-order valence-electron chi connectivity index (χ2n) is 2.83. The van der Waals surface area contributed by atoms with Gasteiger partial charge in [-0.15, -0.1) is 5.10 Å². The first-order valence-electron chi connectivity index (χ1n) is 4.08. The van der Waals surface area contributed by atoms with Crippen molar-refractivity contribution in [2.45, 2.75) is 0 Å². The summed E-state index contributed by atoms with van der Waals surface area (Å²) in [6.45, 7) is 0. The Hall–Kier alpha value is -2.06. The highest BCUT2D eigenvalue weighted by Crippen LogP contribution is 2.20. The first kappa shape index (κ1) is 9.49. The molecule has 2 rings (SSSR count). The van der Waals surface area contributed by atoms with E-state index in [-0.39, 0.29) is 5.95 Å². The average molecular weight is 220 g/mol. The third-order valence-corrected chi connectivity index (χ3v) is 2.14. The largest absolute Gasteiger partial charge is 0.366 e. The summed E-state index contributed by atoms with van der Waals surface area (Å²) in [5.41, 5.74) is 6.52. The van der Waals surface area contributed by atoms with E-state index in [0.717, 1.165) is 0 Å². The molecule has 0 amide bonds. The van der Waals surface area contributed by atoms with Gasteiger partial charge in [-0.05, 0) is 18.2 Å². The van der Waals surface area contributed by atoms with Crippen LogP contribution in [0.15, 0.2) is 24.5 Å². The van der Waals surface area contributed by atoms with Crippen molar-refractivity contribution in [3.8, 4) is 11.8 Å². The summed E-state index contributed by atoms with van der Waals surface area (Å²) in [7, 11) is 0. The minimum Gasteiger partial charge on any atom is -0.366 e. The molecule has 0 aliphatic rings. The van der Waals surface area contributed by atoms with Crippen LogP contribution in [0.1, 0.15) is 5.56 Å². The number of benzene rings is 1. The van der Waals surface area contributed by atoms with Gasteiger partial charge in [-0.3, -0.25) is 0 Å². The third kappa shape index (κ3) is 1.75. The zero-order valence-corrected chi connectivity index (χ0v) is 8.31. The molecule has 6 heteroatoms. The molecule has 15 heavy (non-hydrogen) atoms. The van der Waals surface area contributed by atoms with E-state index >= 15 is 0 Å². The summed E-state index contributed by atoms with van der Waals surface area (Å²) < 4.78 is 1.46. The van der Waals surface area contributed by atoms with Crippen molar-refractivity contribution in [2.75, 3.05) is 5.73 Å². The first-order valence-corrected chi connectivity index (χ1v) is 4.45. The van der Waals surface area contributed by atoms with Crippen molar-refractivity contribution in [2.24, 2.45) is 0 Å². The van der Waals surface area contributed by atoms with Gasteiger partial charge in [0.1, 0.15) is 6.33 Å². The van der Waals surface area contributed by atoms with Crippen LogP contribution in [-0.4, -0.2) is 14.8 Å². The van der Waals surface area contributed by atoms with Crippen molar-refractivity contribution in [3.05, 3.63) is 35.1 Å². The average Bonchev–Trinajstić information content (AvgIpc) is 2.64. The van der Waals surface area contributed by atoms with Gasteiger partial charge in [0.15, 0.2) is 0 Å². The van der Waals surface area contributed by atoms with Crippen LogP contribution in [0, 0.1) is 11.3 Å². The summed E-state index contributed by atoms with van der Waals surface area (Å²) in [5, 5.41) is 13.0. The number of hydrogen-bond donors (Lipinski definition) is 1. The number of anilines is 1. The molecule has 1 aromatic carbocycles. The van der Waals surface area contributed by atoms with Gasteiger partial charge in [-0.25, -0.2) is 9.67 Å². The minimum atomic E-state index is 0.176. The topological polar surface area (TPSA) is 80.5 Å². The molecule has 74 valence electrons. The number of nitrogens with zero attached hydrogens (tertiary/aromatic N) is 4. The molecule has 0 spiro atoms. The highest BCUT2D eigenvalue weighted by molar-refractivity contribution is 6.32. The second-order valence-corrected chi connectivity index (χ2v) is 3.23. The molecular formula is C9H6ClN5. The molecule has 5 nitrogen and oxygen atoms in total. The molecular weight excluding hydrogens is 214 g/mol. The van der Waals surface area contributed by atoms with Gasteiger partial charge < -0.3 is 5.73 Å². The first-order chi connectivity index (χ1) is 7.20. The molecule has 0 aliphatic carbocycles. The van der Waals surface area contributed by atoms with Crippen molar-refractivity contribution in [3.63, 3.8) is 0 Å². The maximum atomic E-state index is 8.66. The summed E-state index contributed by atoms with van der Waals surface area (Å²) in [4.78, 5) is 3.78. The van der Waals surface area contributed by atoms with E-state index in [1.54, 1.807) is 18.2 Å². The molecule has 0 atom stereocenters. The monoisotopic (exact) mass is 219 g/mol. The van der Waals surface area contributed by atoms with Crippen LogP contribution >= 0.6 is 11.6 Å². The summed E-state index contributed by atoms with van der Waals surface area (Å²) in [5.74, 6) is 0.176. The lowest BCUT2D eigenvalue weighted by Gasteiger charge is -2.02. The lowest BCUT2D eigenvalue weighted by atomic mass is 10.2. The van der Waals surface area contributed by atoms with Gasteiger partial charge in [-0.2, -0.15) is 5.26 Å². The Labute approximate surface area is 90.7 Å². The zero-order valence-electron chi connectivity index (χ0n) is 7.55. The summed E-state index contributed by atoms with van der Waals surface area (Å²) in [6, 6.07) is 6.90. The summed E-state index contributed by atoms with van der Waals surface area (Å²) >= 11 is 5.97. The van der Waals surface area contributed by atoms with Crippen molar-refractivity contribution < 1.29 is 0 Å². The Morgan fingerprint density at radius 1 is 1.47 bits per heavy atom. The number of rotatable bonds is 1. The Morgan fingerprint density at radius 2 is 2.27 bits per heavy atom. The van der Waals surface area contributed by atoms with E-state index in [2.05, 4.69) is 10.1 Å². The Balaban J connectivity index is 2.51. The lowest BCUT2D eigenvalue weighted by Crippen LogP contribution is -1.97. The summed E-state index contributed by atoms with van der Waals surface area (Å²) in [6.07, 6.45) is 1.46. The van der Waals surface area contributed by atoms with Crippen LogP contribution in [0.2, 0.25) is 5.02 Å². The number of halogens is 1. The maximum Gasteiger partial charge on any atom is 0.239 e. The fraction of sp³-hybridized carbons (Fsp3) is 0. The molecule has 0 radical (unpaired) electrons. The third-order valence-electron chi connectivity index (χ3n) is 1.83. The lowest BCUT2D eigenvalue weighted by molar-refractivity contribution is 0.883. The van der Waals surface area contributed by atoms with Crippen LogP contribution in [-0.2, 0) is 0 Å². The SMILES string of the molecule is N#Cc1ccc(-n2cnc(N)n2)c(Cl)c1. The smallest absolute Gasteiger partial charge is 0.239 e. The van der Waals surface area contributed by atoms with Crippen LogP contribution in [0.5, 0.6) is 0 Å². The molecule has 2 aromatic rings. The van der Waals surface area contributed by atoms with Crippen LogP contribution in [0.25, 0.3) is 5.69 Å². The highest BCUT2D eigenvalue weighted by Gasteiger charge is 2.05. The van der Waals surface area contributed by atoms with Gasteiger partial charge in [0.05, 0.1) is 22.3 Å². The number of nitrogen functional groups attached to an aromatic ring is 1. The van der Waals surface area contributed by atoms with Crippen molar-refractivity contribution in [1.82, 2.24) is 14.8 Å². The van der Waals surface area contributed by atoms with Gasteiger partial charge in [0.25, 0.3) is 0 Å². The fourth-order valence-electron chi connectivity index (χ4n) is 1.15. The second kappa shape index (κ2) is 3.59. The zero-order chi connectivity index (χ0) is 10.8. The molecule has 0 unspecified atom stereocenters. The van der Waals surface area contributed by atoms with Crippen LogP contribution in [0.4, 0.5) is 5.95 Å². The molecule has 1 heterocycles. The van der Waals surface area contributed by atoms with Gasteiger partial charge in [-0.1, -0.05) is 11.6 Å². The Kier molecular flexibility index (Phi) is 2.27. The van der Waals surface area contributed by atoms with E-state index in [4.69, 9.17) is 22.6 Å². The van der Waals surface area contributed by atoms with E-state index in [0.29, 0.717) is 16.3 Å². The molecule has 0 bridgehead atoms. The number of nitriles is 1. The molecule has 2 N–H and O–H groups in total. The fourth-order valence-corrected chi connectivity index (χ4v) is 1.42.